The minimum Gasteiger partial charge on any atom is -0.462 e. The van der Waals surface area contributed by atoms with Gasteiger partial charge in [0.2, 0.25) is 0 Å². The van der Waals surface area contributed by atoms with Crippen LogP contribution in [0.15, 0.2) is 12.2 Å². The molecule has 0 rings (SSSR count). The molecule has 0 N–H and O–H groups in total. The van der Waals surface area contributed by atoms with E-state index in [0.717, 1.165) is 57.8 Å². The summed E-state index contributed by atoms with van der Waals surface area (Å²) in [6, 6.07) is 0. The lowest BCUT2D eigenvalue weighted by Gasteiger charge is -2.18. The van der Waals surface area contributed by atoms with E-state index in [-0.39, 0.29) is 31.1 Å². The van der Waals surface area contributed by atoms with E-state index < -0.39 is 6.10 Å². The maximum atomic E-state index is 13.0. The lowest BCUT2D eigenvalue weighted by atomic mass is 10.0. The summed E-state index contributed by atoms with van der Waals surface area (Å²) in [5.41, 5.74) is 0. The van der Waals surface area contributed by atoms with Gasteiger partial charge in [0.1, 0.15) is 13.2 Å². The van der Waals surface area contributed by atoms with E-state index in [9.17, 15) is 14.4 Å². The van der Waals surface area contributed by atoms with Crippen molar-refractivity contribution in [1.29, 1.82) is 0 Å². The molecule has 0 aliphatic heterocycles. The molecule has 0 saturated heterocycles. The standard InChI is InChI=1S/C74H142O6/c1-4-7-10-13-16-19-22-25-28-31-33-34-35-36-37-38-39-40-41-44-46-49-52-55-58-61-64-67-73(76)79-70-71(69-78-72(75)66-63-60-57-54-51-48-45-42-30-27-24-21-18-15-12-9-6-3)80-74(77)68-65-62-59-56-53-50-47-43-32-29-26-23-20-17-14-11-8-5-2/h31,33,71H,4-30,32,34-70H2,1-3H3/b33-31-. The number of unbranched alkanes of at least 4 members (excludes halogenated alkanes) is 56. The van der Waals surface area contributed by atoms with Crippen LogP contribution in [0.2, 0.25) is 0 Å². The molecule has 0 bridgehead atoms. The number of rotatable bonds is 69. The van der Waals surface area contributed by atoms with Gasteiger partial charge in [0.05, 0.1) is 0 Å². The molecule has 0 aromatic rings. The Morgan fingerprint density at radius 3 is 0.625 bits per heavy atom. The molecule has 0 aromatic carbocycles. The average Bonchev–Trinajstić information content (AvgIpc) is 3.46. The maximum absolute atomic E-state index is 13.0. The van der Waals surface area contributed by atoms with Gasteiger partial charge in [-0.25, -0.2) is 0 Å². The van der Waals surface area contributed by atoms with Crippen molar-refractivity contribution in [2.75, 3.05) is 13.2 Å². The zero-order valence-corrected chi connectivity index (χ0v) is 54.6. The van der Waals surface area contributed by atoms with Gasteiger partial charge in [-0.2, -0.15) is 0 Å². The minimum absolute atomic E-state index is 0.0618. The Bertz CT molecular complexity index is 1250. The molecule has 0 aliphatic carbocycles. The number of ether oxygens (including phenoxy) is 3. The van der Waals surface area contributed by atoms with Crippen molar-refractivity contribution < 1.29 is 28.6 Å². The van der Waals surface area contributed by atoms with E-state index in [1.165, 1.54) is 327 Å². The second-order valence-corrected chi connectivity index (χ2v) is 25.2. The first-order valence-corrected chi connectivity index (χ1v) is 36.7. The monoisotopic (exact) mass is 1130 g/mol. The molecule has 6 heteroatoms. The molecule has 0 spiro atoms. The van der Waals surface area contributed by atoms with E-state index in [4.69, 9.17) is 14.2 Å². The van der Waals surface area contributed by atoms with Gasteiger partial charge in [0.15, 0.2) is 6.10 Å². The molecule has 0 aliphatic rings. The highest BCUT2D eigenvalue weighted by atomic mass is 16.6. The maximum Gasteiger partial charge on any atom is 0.306 e. The molecule has 0 heterocycles. The second kappa shape index (κ2) is 69.6. The van der Waals surface area contributed by atoms with Gasteiger partial charge >= 0.3 is 17.9 Å². The summed E-state index contributed by atoms with van der Waals surface area (Å²) in [6.45, 7) is 6.74. The van der Waals surface area contributed by atoms with Crippen LogP contribution in [0.4, 0.5) is 0 Å². The number of allylic oxidation sites excluding steroid dienone is 2. The lowest BCUT2D eigenvalue weighted by Crippen LogP contribution is -2.30. The zero-order chi connectivity index (χ0) is 57.8. The van der Waals surface area contributed by atoms with Gasteiger partial charge in [-0.3, -0.25) is 14.4 Å². The van der Waals surface area contributed by atoms with Crippen LogP contribution in [0.1, 0.15) is 425 Å². The number of esters is 3. The van der Waals surface area contributed by atoms with Crippen LogP contribution >= 0.6 is 0 Å². The van der Waals surface area contributed by atoms with Crippen LogP contribution in [0, 0.1) is 0 Å². The summed E-state index contributed by atoms with van der Waals surface area (Å²) in [5.74, 6) is -0.822. The number of carbonyl (C=O) groups is 3. The largest absolute Gasteiger partial charge is 0.462 e. The Kier molecular flexibility index (Phi) is 68.0. The fourth-order valence-electron chi connectivity index (χ4n) is 11.5. The first kappa shape index (κ1) is 78.1. The van der Waals surface area contributed by atoms with Crippen LogP contribution in [0.5, 0.6) is 0 Å². The third-order valence-electron chi connectivity index (χ3n) is 17.0. The number of carbonyl (C=O) groups excluding carboxylic acids is 3. The van der Waals surface area contributed by atoms with Crippen LogP contribution in [0.25, 0.3) is 0 Å². The molecule has 6 nitrogen and oxygen atoms in total. The summed E-state index contributed by atoms with van der Waals surface area (Å²) in [4.78, 5) is 38.5. The first-order valence-electron chi connectivity index (χ1n) is 36.7. The van der Waals surface area contributed by atoms with Crippen molar-refractivity contribution in [2.45, 2.75) is 431 Å². The van der Waals surface area contributed by atoms with Crippen molar-refractivity contribution >= 4 is 17.9 Å². The quantitative estimate of drug-likeness (QED) is 0.0261. The third-order valence-corrected chi connectivity index (χ3v) is 17.0. The van der Waals surface area contributed by atoms with E-state index >= 15 is 0 Å². The highest BCUT2D eigenvalue weighted by molar-refractivity contribution is 5.71. The summed E-state index contributed by atoms with van der Waals surface area (Å²) in [7, 11) is 0. The molecular formula is C74H142O6. The minimum atomic E-state index is -0.766. The molecule has 80 heavy (non-hydrogen) atoms. The van der Waals surface area contributed by atoms with Crippen LogP contribution < -0.4 is 0 Å². The highest BCUT2D eigenvalue weighted by Gasteiger charge is 2.20. The fraction of sp³-hybridized carbons (Fsp3) is 0.932. The predicted molar refractivity (Wildman–Crippen MR) is 349 cm³/mol. The molecular weight excluding hydrogens is 985 g/mol. The van der Waals surface area contributed by atoms with Crippen LogP contribution in [0.3, 0.4) is 0 Å². The van der Waals surface area contributed by atoms with Gasteiger partial charge in [-0.15, -0.1) is 0 Å². The van der Waals surface area contributed by atoms with Crippen molar-refractivity contribution in [3.8, 4) is 0 Å². The summed E-state index contributed by atoms with van der Waals surface area (Å²) in [5, 5.41) is 0. The summed E-state index contributed by atoms with van der Waals surface area (Å²) in [6.07, 6.45) is 83.9. The topological polar surface area (TPSA) is 78.9 Å². The molecule has 0 saturated carbocycles. The van der Waals surface area contributed by atoms with E-state index in [1.54, 1.807) is 0 Å². The van der Waals surface area contributed by atoms with Crippen molar-refractivity contribution in [3.05, 3.63) is 12.2 Å². The Balaban J connectivity index is 4.22. The van der Waals surface area contributed by atoms with Crippen molar-refractivity contribution in [3.63, 3.8) is 0 Å². The Morgan fingerprint density at radius 1 is 0.237 bits per heavy atom. The molecule has 0 aromatic heterocycles. The van der Waals surface area contributed by atoms with Gasteiger partial charge in [-0.1, -0.05) is 373 Å². The van der Waals surface area contributed by atoms with Crippen LogP contribution in [-0.2, 0) is 28.6 Å². The Morgan fingerprint density at radius 2 is 0.412 bits per heavy atom. The normalized spacial score (nSPS) is 12.0. The molecule has 0 radical (unpaired) electrons. The molecule has 1 unspecified atom stereocenters. The molecule has 474 valence electrons. The first-order chi connectivity index (χ1) is 39.5. The molecule has 0 amide bonds. The zero-order valence-electron chi connectivity index (χ0n) is 54.6. The van der Waals surface area contributed by atoms with E-state index in [2.05, 4.69) is 32.9 Å². The van der Waals surface area contributed by atoms with Gasteiger partial charge in [-0.05, 0) is 44.9 Å². The summed E-state index contributed by atoms with van der Waals surface area (Å²) >= 11 is 0. The Labute approximate surface area is 501 Å². The van der Waals surface area contributed by atoms with Crippen molar-refractivity contribution in [1.82, 2.24) is 0 Å². The van der Waals surface area contributed by atoms with Crippen LogP contribution in [-0.4, -0.2) is 37.2 Å². The van der Waals surface area contributed by atoms with E-state index in [0.29, 0.717) is 19.3 Å². The number of hydrogen-bond acceptors (Lipinski definition) is 6. The van der Waals surface area contributed by atoms with Gasteiger partial charge < -0.3 is 14.2 Å². The average molecular weight is 1130 g/mol. The lowest BCUT2D eigenvalue weighted by molar-refractivity contribution is -0.167. The molecule has 1 atom stereocenters. The SMILES string of the molecule is CCCCCCCCCC/C=C\CCCCCCCCCCCCCCCCCC(=O)OCC(COC(=O)CCCCCCCCCCCCCCCCCCC)OC(=O)CCCCCCCCCCCCCCCCCCCC. The van der Waals surface area contributed by atoms with Gasteiger partial charge in [0, 0.05) is 19.3 Å². The third kappa shape index (κ3) is 66.9. The second-order valence-electron chi connectivity index (χ2n) is 25.2. The van der Waals surface area contributed by atoms with Crippen molar-refractivity contribution in [2.24, 2.45) is 0 Å². The predicted octanol–water partition coefficient (Wildman–Crippen LogP) is 25.2. The van der Waals surface area contributed by atoms with Gasteiger partial charge in [0.25, 0.3) is 0 Å². The summed E-state index contributed by atoms with van der Waals surface area (Å²) < 4.78 is 17.0. The molecule has 0 fully saturated rings. The Hall–Kier alpha value is -1.85. The van der Waals surface area contributed by atoms with E-state index in [1.807, 2.05) is 0 Å². The number of hydrogen-bond donors (Lipinski definition) is 0. The smallest absolute Gasteiger partial charge is 0.306 e. The fourth-order valence-corrected chi connectivity index (χ4v) is 11.5. The highest BCUT2D eigenvalue weighted by Crippen LogP contribution is 2.19.